The van der Waals surface area contributed by atoms with Gasteiger partial charge in [-0.15, -0.1) is 0 Å². The van der Waals surface area contributed by atoms with Gasteiger partial charge >= 0.3 is 0 Å². The fourth-order valence-corrected chi connectivity index (χ4v) is 2.08. The van der Waals surface area contributed by atoms with E-state index in [0.29, 0.717) is 5.41 Å². The van der Waals surface area contributed by atoms with E-state index in [-0.39, 0.29) is 0 Å². The van der Waals surface area contributed by atoms with Gasteiger partial charge in [0.25, 0.3) is 0 Å². The van der Waals surface area contributed by atoms with Crippen LogP contribution in [0.1, 0.15) is 39.5 Å². The molecule has 1 unspecified atom stereocenters. The lowest BCUT2D eigenvalue weighted by atomic mass is 9.82. The molecular formula is C11H21N. The summed E-state index contributed by atoms with van der Waals surface area (Å²) in [6.07, 6.45) is 9.99. The highest BCUT2D eigenvalue weighted by atomic mass is 14.9. The van der Waals surface area contributed by atoms with Gasteiger partial charge in [0.05, 0.1) is 0 Å². The molecule has 1 aliphatic rings. The Balaban J connectivity index is 2.46. The molecule has 0 amide bonds. The molecule has 1 saturated heterocycles. The molecule has 0 spiro atoms. The molecule has 0 aromatic carbocycles. The zero-order valence-corrected chi connectivity index (χ0v) is 8.40. The van der Waals surface area contributed by atoms with Gasteiger partial charge in [0.15, 0.2) is 0 Å². The van der Waals surface area contributed by atoms with Gasteiger partial charge in [0.1, 0.15) is 0 Å². The molecule has 0 bridgehead atoms. The van der Waals surface area contributed by atoms with E-state index < -0.39 is 0 Å². The summed E-state index contributed by atoms with van der Waals surface area (Å²) in [6, 6.07) is 0. The molecule has 1 heteroatoms. The summed E-state index contributed by atoms with van der Waals surface area (Å²) in [4.78, 5) is 0. The van der Waals surface area contributed by atoms with Crippen molar-refractivity contribution in [2.75, 3.05) is 13.1 Å². The molecular weight excluding hydrogens is 146 g/mol. The van der Waals surface area contributed by atoms with E-state index in [2.05, 4.69) is 31.3 Å². The largest absolute Gasteiger partial charge is 0.316 e. The van der Waals surface area contributed by atoms with Crippen molar-refractivity contribution in [2.45, 2.75) is 39.5 Å². The van der Waals surface area contributed by atoms with Crippen LogP contribution in [0.4, 0.5) is 0 Å². The monoisotopic (exact) mass is 167 g/mol. The maximum atomic E-state index is 3.46. The Kier molecular flexibility index (Phi) is 3.80. The number of rotatable bonds is 4. The minimum absolute atomic E-state index is 0.505. The maximum Gasteiger partial charge on any atom is 0.00430 e. The third kappa shape index (κ3) is 2.34. The number of hydrogen-bond acceptors (Lipinski definition) is 1. The highest BCUT2D eigenvalue weighted by Crippen LogP contribution is 2.32. The molecule has 1 aliphatic heterocycles. The van der Waals surface area contributed by atoms with Gasteiger partial charge in [-0.05, 0) is 26.3 Å². The van der Waals surface area contributed by atoms with Gasteiger partial charge in [-0.1, -0.05) is 31.9 Å². The Morgan fingerprint density at radius 2 is 2.33 bits per heavy atom. The number of hydrogen-bond donors (Lipinski definition) is 1. The molecule has 1 rings (SSSR count). The summed E-state index contributed by atoms with van der Waals surface area (Å²) in [7, 11) is 0. The first-order chi connectivity index (χ1) is 5.83. The highest BCUT2D eigenvalue weighted by molar-refractivity contribution is 5.03. The number of nitrogens with one attached hydrogen (secondary N) is 1. The molecule has 70 valence electrons. The van der Waals surface area contributed by atoms with Crippen molar-refractivity contribution >= 4 is 0 Å². The Hall–Kier alpha value is -0.300. The van der Waals surface area contributed by atoms with Crippen LogP contribution in [0, 0.1) is 5.41 Å². The predicted molar refractivity (Wildman–Crippen MR) is 54.3 cm³/mol. The minimum Gasteiger partial charge on any atom is -0.316 e. The molecule has 0 radical (unpaired) electrons. The number of allylic oxidation sites excluding steroid dienone is 1. The molecule has 12 heavy (non-hydrogen) atoms. The van der Waals surface area contributed by atoms with Crippen LogP contribution in [0.15, 0.2) is 12.2 Å². The average molecular weight is 167 g/mol. The fourth-order valence-electron chi connectivity index (χ4n) is 2.08. The molecule has 0 aliphatic carbocycles. The van der Waals surface area contributed by atoms with Crippen molar-refractivity contribution in [3.63, 3.8) is 0 Å². The first-order valence-electron chi connectivity index (χ1n) is 5.17. The van der Waals surface area contributed by atoms with E-state index in [1.165, 1.54) is 38.8 Å². The number of unbranched alkanes of at least 4 members (excludes halogenated alkanes) is 1. The van der Waals surface area contributed by atoms with Gasteiger partial charge in [0.2, 0.25) is 0 Å². The Morgan fingerprint density at radius 3 is 2.83 bits per heavy atom. The van der Waals surface area contributed by atoms with Crippen molar-refractivity contribution in [1.29, 1.82) is 0 Å². The van der Waals surface area contributed by atoms with Crippen molar-refractivity contribution in [2.24, 2.45) is 5.41 Å². The predicted octanol–water partition coefficient (Wildman–Crippen LogP) is 2.73. The van der Waals surface area contributed by atoms with Crippen LogP contribution in [-0.2, 0) is 0 Å². The normalized spacial score (nSPS) is 30.2. The summed E-state index contributed by atoms with van der Waals surface area (Å²) >= 11 is 0. The van der Waals surface area contributed by atoms with E-state index >= 15 is 0 Å². The van der Waals surface area contributed by atoms with Gasteiger partial charge in [0, 0.05) is 12.0 Å². The first-order valence-corrected chi connectivity index (χ1v) is 5.17. The smallest absolute Gasteiger partial charge is 0.00430 e. The van der Waals surface area contributed by atoms with Crippen molar-refractivity contribution < 1.29 is 0 Å². The van der Waals surface area contributed by atoms with E-state index in [4.69, 9.17) is 0 Å². The van der Waals surface area contributed by atoms with Gasteiger partial charge in [-0.2, -0.15) is 0 Å². The average Bonchev–Trinajstić information content (AvgIpc) is 2.51. The van der Waals surface area contributed by atoms with Gasteiger partial charge < -0.3 is 5.32 Å². The zero-order valence-electron chi connectivity index (χ0n) is 8.40. The standard InChI is InChI=1S/C11H21N/c1-3-5-7-11(6-4-2)8-9-12-10-11/h4,6,12H,3,5,7-10H2,1-2H3/b6-4-. The van der Waals surface area contributed by atoms with Gasteiger partial charge in [-0.25, -0.2) is 0 Å². The third-order valence-electron chi connectivity index (χ3n) is 2.83. The molecule has 0 aromatic heterocycles. The SMILES string of the molecule is C/C=C\C1(CCCC)CCNC1. The second-order valence-corrected chi connectivity index (χ2v) is 3.89. The van der Waals surface area contributed by atoms with Crippen LogP contribution in [0.2, 0.25) is 0 Å². The lowest BCUT2D eigenvalue weighted by molar-refractivity contribution is 0.375. The summed E-state index contributed by atoms with van der Waals surface area (Å²) in [5.41, 5.74) is 0.505. The molecule has 1 N–H and O–H groups in total. The van der Waals surface area contributed by atoms with E-state index in [0.717, 1.165) is 0 Å². The van der Waals surface area contributed by atoms with Crippen LogP contribution in [0.3, 0.4) is 0 Å². The summed E-state index contributed by atoms with van der Waals surface area (Å²) in [6.45, 7) is 6.79. The molecule has 1 atom stereocenters. The van der Waals surface area contributed by atoms with Crippen LogP contribution in [0.25, 0.3) is 0 Å². The van der Waals surface area contributed by atoms with E-state index in [9.17, 15) is 0 Å². The lowest BCUT2D eigenvalue weighted by Gasteiger charge is -2.23. The fraction of sp³-hybridized carbons (Fsp3) is 0.818. The lowest BCUT2D eigenvalue weighted by Crippen LogP contribution is -2.21. The van der Waals surface area contributed by atoms with Crippen LogP contribution >= 0.6 is 0 Å². The summed E-state index contributed by atoms with van der Waals surface area (Å²) < 4.78 is 0. The van der Waals surface area contributed by atoms with Crippen molar-refractivity contribution in [3.05, 3.63) is 12.2 Å². The zero-order chi connectivity index (χ0) is 8.86. The first kappa shape index (κ1) is 9.79. The second kappa shape index (κ2) is 4.66. The van der Waals surface area contributed by atoms with Crippen molar-refractivity contribution in [1.82, 2.24) is 5.32 Å². The molecule has 0 saturated carbocycles. The van der Waals surface area contributed by atoms with E-state index in [1.54, 1.807) is 0 Å². The maximum absolute atomic E-state index is 3.46. The molecule has 1 fully saturated rings. The second-order valence-electron chi connectivity index (χ2n) is 3.89. The Labute approximate surface area is 76.2 Å². The topological polar surface area (TPSA) is 12.0 Å². The molecule has 1 nitrogen and oxygen atoms in total. The highest BCUT2D eigenvalue weighted by Gasteiger charge is 2.29. The third-order valence-corrected chi connectivity index (χ3v) is 2.83. The Bertz CT molecular complexity index is 143. The minimum atomic E-state index is 0.505. The molecule has 1 heterocycles. The van der Waals surface area contributed by atoms with Gasteiger partial charge in [-0.3, -0.25) is 0 Å². The molecule has 0 aromatic rings. The van der Waals surface area contributed by atoms with E-state index in [1.807, 2.05) is 0 Å². The van der Waals surface area contributed by atoms with Crippen molar-refractivity contribution in [3.8, 4) is 0 Å². The Morgan fingerprint density at radius 1 is 1.50 bits per heavy atom. The van der Waals surface area contributed by atoms with Crippen LogP contribution < -0.4 is 5.32 Å². The van der Waals surface area contributed by atoms with Crippen LogP contribution in [-0.4, -0.2) is 13.1 Å². The van der Waals surface area contributed by atoms with Crippen LogP contribution in [0.5, 0.6) is 0 Å². The summed E-state index contributed by atoms with van der Waals surface area (Å²) in [5, 5.41) is 3.46. The quantitative estimate of drug-likeness (QED) is 0.635. The summed E-state index contributed by atoms with van der Waals surface area (Å²) in [5.74, 6) is 0.